The van der Waals surface area contributed by atoms with Crippen molar-refractivity contribution in [3.8, 4) is 17.3 Å². The summed E-state index contributed by atoms with van der Waals surface area (Å²) >= 11 is 0. The number of hydrogen-bond acceptors (Lipinski definition) is 7. The van der Waals surface area contributed by atoms with Gasteiger partial charge in [0, 0.05) is 44.2 Å². The largest absolute Gasteiger partial charge is 0.481 e. The summed E-state index contributed by atoms with van der Waals surface area (Å²) in [7, 11) is 0. The van der Waals surface area contributed by atoms with Crippen molar-refractivity contribution in [2.24, 2.45) is 0 Å². The summed E-state index contributed by atoms with van der Waals surface area (Å²) in [6, 6.07) is 9.65. The highest BCUT2D eigenvalue weighted by atomic mass is 16.5. The van der Waals surface area contributed by atoms with Crippen LogP contribution in [0, 0.1) is 0 Å². The van der Waals surface area contributed by atoms with Gasteiger partial charge in [0.05, 0.1) is 0 Å². The first kappa shape index (κ1) is 27.8. The number of hydrogen-bond donors (Lipinski definition) is 3. The third-order valence-electron chi connectivity index (χ3n) is 6.91. The van der Waals surface area contributed by atoms with Crippen LogP contribution in [0.1, 0.15) is 55.4 Å². The highest BCUT2D eigenvalue weighted by Gasteiger charge is 2.31. The second kappa shape index (κ2) is 13.0. The van der Waals surface area contributed by atoms with Crippen molar-refractivity contribution >= 4 is 23.9 Å². The zero-order valence-corrected chi connectivity index (χ0v) is 21.6. The first-order chi connectivity index (χ1) is 18.8. The van der Waals surface area contributed by atoms with Crippen LogP contribution in [-0.2, 0) is 9.59 Å². The van der Waals surface area contributed by atoms with Crippen LogP contribution in [-0.4, -0.2) is 92.2 Å². The first-order valence-electron chi connectivity index (χ1n) is 13.2. The third kappa shape index (κ3) is 7.65. The van der Waals surface area contributed by atoms with Gasteiger partial charge in [0.15, 0.2) is 5.82 Å². The molecule has 1 saturated heterocycles. The van der Waals surface area contributed by atoms with Gasteiger partial charge in [-0.3, -0.25) is 14.4 Å². The molecule has 0 spiro atoms. The summed E-state index contributed by atoms with van der Waals surface area (Å²) in [5, 5.41) is 21.0. The normalized spacial score (nSPS) is 16.5. The Morgan fingerprint density at radius 3 is 2.28 bits per heavy atom. The summed E-state index contributed by atoms with van der Waals surface area (Å²) in [4.78, 5) is 60.8. The quantitative estimate of drug-likeness (QED) is 0.412. The van der Waals surface area contributed by atoms with E-state index in [1.54, 1.807) is 0 Å². The molecule has 2 heterocycles. The monoisotopic (exact) mass is 539 g/mol. The lowest BCUT2D eigenvalue weighted by Gasteiger charge is -2.35. The van der Waals surface area contributed by atoms with Crippen molar-refractivity contribution in [1.29, 1.82) is 0 Å². The van der Waals surface area contributed by atoms with E-state index in [0.29, 0.717) is 11.4 Å². The van der Waals surface area contributed by atoms with Crippen LogP contribution < -0.4 is 10.1 Å². The molecule has 1 aromatic carbocycles. The highest BCUT2D eigenvalue weighted by Crippen LogP contribution is 2.25. The van der Waals surface area contributed by atoms with Gasteiger partial charge in [-0.25, -0.2) is 9.78 Å². The Bertz CT molecular complexity index is 1180. The van der Waals surface area contributed by atoms with Crippen LogP contribution in [0.4, 0.5) is 4.79 Å². The molecule has 0 bridgehead atoms. The molecule has 3 N–H and O–H groups in total. The maximum absolute atomic E-state index is 13.4. The van der Waals surface area contributed by atoms with Crippen LogP contribution in [0.25, 0.3) is 11.4 Å². The van der Waals surface area contributed by atoms with Gasteiger partial charge in [-0.05, 0) is 38.5 Å². The van der Waals surface area contributed by atoms with Gasteiger partial charge < -0.3 is 30.1 Å². The average Bonchev–Trinajstić information content (AvgIpc) is 3.45. The molecular weight excluding hydrogens is 506 g/mol. The second-order valence-corrected chi connectivity index (χ2v) is 9.71. The fourth-order valence-corrected chi connectivity index (χ4v) is 4.78. The molecule has 1 atom stereocenters. The van der Waals surface area contributed by atoms with Crippen molar-refractivity contribution in [3.63, 3.8) is 0 Å². The van der Waals surface area contributed by atoms with Gasteiger partial charge in [0.2, 0.25) is 11.8 Å². The Balaban J connectivity index is 1.54. The molecule has 1 aromatic heterocycles. The van der Waals surface area contributed by atoms with E-state index in [2.05, 4.69) is 15.3 Å². The number of aliphatic carboxylic acids is 1. The number of carboxylic acid groups (broad SMARTS) is 2. The fourth-order valence-electron chi connectivity index (χ4n) is 4.78. The van der Waals surface area contributed by atoms with Crippen LogP contribution in [0.15, 0.2) is 36.4 Å². The lowest BCUT2D eigenvalue weighted by molar-refractivity contribution is -0.138. The van der Waals surface area contributed by atoms with E-state index in [1.165, 1.54) is 15.9 Å². The van der Waals surface area contributed by atoms with Crippen LogP contribution in [0.2, 0.25) is 0 Å². The van der Waals surface area contributed by atoms with Crippen LogP contribution in [0.3, 0.4) is 0 Å². The van der Waals surface area contributed by atoms with Gasteiger partial charge in [0.25, 0.3) is 5.91 Å². The number of carbonyl (C=O) groups is 4. The number of carbonyl (C=O) groups excluding carboxylic acids is 2. The van der Waals surface area contributed by atoms with E-state index in [-0.39, 0.29) is 63.1 Å². The fraction of sp³-hybridized carbons (Fsp3) is 0.481. The summed E-state index contributed by atoms with van der Waals surface area (Å²) in [6.07, 6.45) is 3.02. The van der Waals surface area contributed by atoms with Crippen molar-refractivity contribution in [2.75, 3.05) is 26.2 Å². The summed E-state index contributed by atoms with van der Waals surface area (Å²) in [5.41, 5.74) is 0.734. The standard InChI is InChI=1S/C27H33N5O7/c33-23(34)12-6-11-20(26(36)31-13-15-32(16-14-31)27(37)38)29-25(35)21-17-22(39-19-9-4-5-10-19)30-24(28-21)18-7-2-1-3-8-18/h1-3,7-8,17,19-20H,4-6,9-16H2,(H,29,35)(H,33,34)(H,37,38)/t20-/m0/s1. The van der Waals surface area contributed by atoms with E-state index in [9.17, 15) is 24.3 Å². The Morgan fingerprint density at radius 1 is 0.974 bits per heavy atom. The number of amides is 3. The lowest BCUT2D eigenvalue weighted by Crippen LogP contribution is -2.55. The number of carboxylic acids is 1. The third-order valence-corrected chi connectivity index (χ3v) is 6.91. The molecule has 12 nitrogen and oxygen atoms in total. The molecule has 2 aromatic rings. The maximum atomic E-state index is 13.4. The molecule has 1 saturated carbocycles. The minimum atomic E-state index is -1.05. The lowest BCUT2D eigenvalue weighted by atomic mass is 10.1. The van der Waals surface area contributed by atoms with E-state index < -0.39 is 29.9 Å². The van der Waals surface area contributed by atoms with Gasteiger partial charge in [0.1, 0.15) is 17.8 Å². The highest BCUT2D eigenvalue weighted by molar-refractivity contribution is 5.96. The number of piperazine rings is 1. The Hall–Kier alpha value is -4.22. The summed E-state index contributed by atoms with van der Waals surface area (Å²) < 4.78 is 6.07. The zero-order valence-electron chi connectivity index (χ0n) is 21.6. The van der Waals surface area contributed by atoms with E-state index in [1.807, 2.05) is 30.3 Å². The predicted molar refractivity (Wildman–Crippen MR) is 139 cm³/mol. The number of aromatic nitrogens is 2. The minimum Gasteiger partial charge on any atom is -0.481 e. The summed E-state index contributed by atoms with van der Waals surface area (Å²) in [5.74, 6) is -1.41. The Labute approximate surface area is 226 Å². The number of nitrogens with zero attached hydrogens (tertiary/aromatic N) is 4. The molecule has 1 aliphatic carbocycles. The van der Waals surface area contributed by atoms with Crippen LogP contribution in [0.5, 0.6) is 5.88 Å². The molecule has 0 unspecified atom stereocenters. The molecule has 0 radical (unpaired) electrons. The van der Waals surface area contributed by atoms with Crippen molar-refractivity contribution < 1.29 is 34.1 Å². The number of nitrogens with one attached hydrogen (secondary N) is 1. The average molecular weight is 540 g/mol. The minimum absolute atomic E-state index is 0.00856. The zero-order chi connectivity index (χ0) is 27.8. The molecule has 4 rings (SSSR count). The number of rotatable bonds is 10. The Morgan fingerprint density at radius 2 is 1.64 bits per heavy atom. The Kier molecular flexibility index (Phi) is 9.29. The first-order valence-corrected chi connectivity index (χ1v) is 13.2. The van der Waals surface area contributed by atoms with Crippen molar-refractivity contribution in [1.82, 2.24) is 25.1 Å². The molecular formula is C27H33N5O7. The van der Waals surface area contributed by atoms with Crippen LogP contribution >= 0.6 is 0 Å². The van der Waals surface area contributed by atoms with Gasteiger partial charge in [-0.2, -0.15) is 4.98 Å². The SMILES string of the molecule is O=C(O)CCC[C@H](NC(=O)c1cc(OC2CCCC2)nc(-c2ccccc2)n1)C(=O)N1CCN(C(=O)O)CC1. The molecule has 2 aliphatic rings. The molecule has 3 amide bonds. The molecule has 1 aliphatic heterocycles. The van der Waals surface area contributed by atoms with Gasteiger partial charge >= 0.3 is 12.1 Å². The number of benzene rings is 1. The number of ether oxygens (including phenoxy) is 1. The summed E-state index contributed by atoms with van der Waals surface area (Å²) in [6.45, 7) is 0.680. The molecule has 208 valence electrons. The topological polar surface area (TPSA) is 162 Å². The molecule has 2 fully saturated rings. The van der Waals surface area contributed by atoms with E-state index in [4.69, 9.17) is 9.84 Å². The predicted octanol–water partition coefficient (Wildman–Crippen LogP) is 2.64. The van der Waals surface area contributed by atoms with Gasteiger partial charge in [-0.1, -0.05) is 30.3 Å². The smallest absolute Gasteiger partial charge is 0.407 e. The van der Waals surface area contributed by atoms with Crippen molar-refractivity contribution in [3.05, 3.63) is 42.1 Å². The van der Waals surface area contributed by atoms with E-state index in [0.717, 1.165) is 25.7 Å². The molecule has 39 heavy (non-hydrogen) atoms. The maximum Gasteiger partial charge on any atom is 0.407 e. The van der Waals surface area contributed by atoms with Crippen molar-refractivity contribution in [2.45, 2.75) is 57.1 Å². The molecule has 12 heteroatoms. The van der Waals surface area contributed by atoms with Gasteiger partial charge in [-0.15, -0.1) is 0 Å². The van der Waals surface area contributed by atoms with E-state index >= 15 is 0 Å². The second-order valence-electron chi connectivity index (χ2n) is 9.71.